The number of hydrogen-bond acceptors (Lipinski definition) is 5. The molecule has 1 aromatic rings. The first-order valence-corrected chi connectivity index (χ1v) is 6.83. The number of hydrogen-bond donors (Lipinski definition) is 2. The van der Waals surface area contributed by atoms with Crippen molar-refractivity contribution in [2.75, 3.05) is 43.4 Å². The van der Waals surface area contributed by atoms with Gasteiger partial charge in [0.05, 0.1) is 0 Å². The summed E-state index contributed by atoms with van der Waals surface area (Å²) in [6.07, 6.45) is 3.05. The van der Waals surface area contributed by atoms with Crippen LogP contribution in [-0.4, -0.2) is 43.2 Å². The number of nitrogens with one attached hydrogen (secondary N) is 2. The van der Waals surface area contributed by atoms with E-state index in [-0.39, 0.29) is 0 Å². The summed E-state index contributed by atoms with van der Waals surface area (Å²) in [5.41, 5.74) is 0. The van der Waals surface area contributed by atoms with Gasteiger partial charge < -0.3 is 15.5 Å². The van der Waals surface area contributed by atoms with Gasteiger partial charge in [-0.05, 0) is 32.9 Å². The Morgan fingerprint density at radius 2 is 2.37 bits per heavy atom. The second-order valence-electron chi connectivity index (χ2n) is 4.99. The molecule has 2 heterocycles. The second kappa shape index (κ2) is 6.52. The second-order valence-corrected chi connectivity index (χ2v) is 4.99. The average Bonchev–Trinajstić information content (AvgIpc) is 2.85. The molecule has 0 saturated carbocycles. The lowest BCUT2D eigenvalue weighted by atomic mass is 10.1. The molecule has 0 amide bonds. The molecular formula is C14H23N5. The van der Waals surface area contributed by atoms with Crippen molar-refractivity contribution < 1.29 is 0 Å². The molecule has 1 aliphatic heterocycles. The maximum atomic E-state index is 4.55. The predicted octanol–water partition coefficient (Wildman–Crippen LogP) is 1.43. The third-order valence-corrected chi connectivity index (χ3v) is 3.35. The molecule has 1 aromatic heterocycles. The van der Waals surface area contributed by atoms with Gasteiger partial charge in [0.1, 0.15) is 17.5 Å². The van der Waals surface area contributed by atoms with E-state index in [0.29, 0.717) is 5.92 Å². The van der Waals surface area contributed by atoms with Crippen LogP contribution in [0.25, 0.3) is 0 Å². The number of aromatic nitrogens is 2. The Morgan fingerprint density at radius 1 is 1.53 bits per heavy atom. The number of nitrogens with zero attached hydrogens (tertiary/aromatic N) is 3. The van der Waals surface area contributed by atoms with Crippen LogP contribution in [0.1, 0.15) is 12.2 Å². The maximum absolute atomic E-state index is 4.55. The molecule has 19 heavy (non-hydrogen) atoms. The molecule has 0 spiro atoms. The highest BCUT2D eigenvalue weighted by molar-refractivity contribution is 5.50. The Bertz CT molecular complexity index is 432. The van der Waals surface area contributed by atoms with E-state index in [0.717, 1.165) is 43.6 Å². The van der Waals surface area contributed by atoms with Gasteiger partial charge in [0.15, 0.2) is 0 Å². The average molecular weight is 261 g/mol. The van der Waals surface area contributed by atoms with Gasteiger partial charge in [0, 0.05) is 25.7 Å². The highest BCUT2D eigenvalue weighted by atomic mass is 15.2. The molecule has 2 N–H and O–H groups in total. The topological polar surface area (TPSA) is 53.1 Å². The largest absolute Gasteiger partial charge is 0.366 e. The van der Waals surface area contributed by atoms with Crippen molar-refractivity contribution in [2.24, 2.45) is 5.92 Å². The van der Waals surface area contributed by atoms with Crippen molar-refractivity contribution in [3.63, 3.8) is 0 Å². The molecule has 5 heteroatoms. The fourth-order valence-electron chi connectivity index (χ4n) is 2.48. The number of rotatable bonds is 6. The minimum absolute atomic E-state index is 0.713. The van der Waals surface area contributed by atoms with Gasteiger partial charge in [0.2, 0.25) is 0 Å². The van der Waals surface area contributed by atoms with E-state index in [9.17, 15) is 0 Å². The van der Waals surface area contributed by atoms with Gasteiger partial charge in [-0.2, -0.15) is 0 Å². The summed E-state index contributed by atoms with van der Waals surface area (Å²) in [5, 5.41) is 6.48. The predicted molar refractivity (Wildman–Crippen MR) is 79.7 cm³/mol. The molecule has 0 aromatic carbocycles. The fraction of sp³-hybridized carbons (Fsp3) is 0.571. The van der Waals surface area contributed by atoms with Crippen LogP contribution in [0.4, 0.5) is 11.6 Å². The molecule has 1 atom stereocenters. The molecule has 1 unspecified atom stereocenters. The first-order chi connectivity index (χ1) is 9.22. The fourth-order valence-corrected chi connectivity index (χ4v) is 2.48. The van der Waals surface area contributed by atoms with E-state index >= 15 is 0 Å². The van der Waals surface area contributed by atoms with Crippen molar-refractivity contribution in [3.8, 4) is 0 Å². The quantitative estimate of drug-likeness (QED) is 0.759. The van der Waals surface area contributed by atoms with Crippen LogP contribution < -0.4 is 15.5 Å². The lowest BCUT2D eigenvalue weighted by Gasteiger charge is -2.18. The summed E-state index contributed by atoms with van der Waals surface area (Å²) in [5.74, 6) is 3.42. The summed E-state index contributed by atoms with van der Waals surface area (Å²) in [6, 6.07) is 2.03. The molecule has 0 bridgehead atoms. The highest BCUT2D eigenvalue weighted by Gasteiger charge is 2.23. The van der Waals surface area contributed by atoms with Gasteiger partial charge in [-0.25, -0.2) is 9.97 Å². The minimum Gasteiger partial charge on any atom is -0.366 e. The summed E-state index contributed by atoms with van der Waals surface area (Å²) in [6.45, 7) is 9.57. The minimum atomic E-state index is 0.713. The summed E-state index contributed by atoms with van der Waals surface area (Å²) in [7, 11) is 2.01. The third kappa shape index (κ3) is 3.67. The Hall–Kier alpha value is -1.62. The molecule has 1 fully saturated rings. The lowest BCUT2D eigenvalue weighted by molar-refractivity contribution is 0.549. The van der Waals surface area contributed by atoms with Crippen molar-refractivity contribution in [1.82, 2.24) is 15.3 Å². The first kappa shape index (κ1) is 13.8. The van der Waals surface area contributed by atoms with Gasteiger partial charge in [0.25, 0.3) is 0 Å². The van der Waals surface area contributed by atoms with Gasteiger partial charge in [-0.1, -0.05) is 6.08 Å². The molecule has 0 aliphatic carbocycles. The molecule has 0 radical (unpaired) electrons. The zero-order valence-electron chi connectivity index (χ0n) is 11.8. The van der Waals surface area contributed by atoms with Crippen molar-refractivity contribution >= 4 is 11.6 Å². The summed E-state index contributed by atoms with van der Waals surface area (Å²) < 4.78 is 0. The zero-order valence-corrected chi connectivity index (χ0v) is 11.8. The summed E-state index contributed by atoms with van der Waals surface area (Å²) in [4.78, 5) is 11.3. The van der Waals surface area contributed by atoms with Gasteiger partial charge in [-0.15, -0.1) is 6.58 Å². The Morgan fingerprint density at radius 3 is 3.11 bits per heavy atom. The van der Waals surface area contributed by atoms with Crippen LogP contribution in [0, 0.1) is 12.8 Å². The Labute approximate surface area is 115 Å². The van der Waals surface area contributed by atoms with Gasteiger partial charge >= 0.3 is 0 Å². The van der Waals surface area contributed by atoms with Crippen LogP contribution in [0.3, 0.4) is 0 Å². The van der Waals surface area contributed by atoms with Crippen LogP contribution >= 0.6 is 0 Å². The Kier molecular flexibility index (Phi) is 4.74. The van der Waals surface area contributed by atoms with Crippen LogP contribution in [0.2, 0.25) is 0 Å². The van der Waals surface area contributed by atoms with E-state index in [1.807, 2.05) is 26.1 Å². The van der Waals surface area contributed by atoms with E-state index in [2.05, 4.69) is 32.1 Å². The van der Waals surface area contributed by atoms with Crippen LogP contribution in [-0.2, 0) is 0 Å². The monoisotopic (exact) mass is 261 g/mol. The van der Waals surface area contributed by atoms with E-state index in [1.165, 1.54) is 6.42 Å². The lowest BCUT2D eigenvalue weighted by Crippen LogP contribution is -2.25. The number of aryl methyl sites for hydroxylation is 1. The smallest absolute Gasteiger partial charge is 0.134 e. The molecule has 5 nitrogen and oxygen atoms in total. The molecule has 104 valence electrons. The standard InChI is InChI=1S/C14H23N5/c1-4-6-16-13-8-14(18-11(2)17-13)19-7-5-12(10-19)9-15-3/h4,8,12,15H,1,5-7,9-10H2,2-3H3,(H,16,17,18). The van der Waals surface area contributed by atoms with Crippen LogP contribution in [0.15, 0.2) is 18.7 Å². The van der Waals surface area contributed by atoms with Crippen molar-refractivity contribution in [2.45, 2.75) is 13.3 Å². The normalized spacial score (nSPS) is 18.6. The highest BCUT2D eigenvalue weighted by Crippen LogP contribution is 2.23. The Balaban J connectivity index is 2.07. The summed E-state index contributed by atoms with van der Waals surface area (Å²) >= 11 is 0. The molecule has 1 aliphatic rings. The zero-order chi connectivity index (χ0) is 13.7. The van der Waals surface area contributed by atoms with Crippen molar-refractivity contribution in [3.05, 3.63) is 24.5 Å². The number of anilines is 2. The maximum Gasteiger partial charge on any atom is 0.134 e. The van der Waals surface area contributed by atoms with Gasteiger partial charge in [-0.3, -0.25) is 0 Å². The van der Waals surface area contributed by atoms with Crippen LogP contribution in [0.5, 0.6) is 0 Å². The van der Waals surface area contributed by atoms with E-state index < -0.39 is 0 Å². The van der Waals surface area contributed by atoms with E-state index in [4.69, 9.17) is 0 Å². The molecule has 2 rings (SSSR count). The molecule has 1 saturated heterocycles. The SMILES string of the molecule is C=CCNc1cc(N2CCC(CNC)C2)nc(C)n1. The third-order valence-electron chi connectivity index (χ3n) is 3.35. The van der Waals surface area contributed by atoms with Crippen molar-refractivity contribution in [1.29, 1.82) is 0 Å². The first-order valence-electron chi connectivity index (χ1n) is 6.83. The molecular weight excluding hydrogens is 238 g/mol. The van der Waals surface area contributed by atoms with E-state index in [1.54, 1.807) is 0 Å².